The molecule has 2 rings (SSSR count). The first-order valence-corrected chi connectivity index (χ1v) is 5.53. The number of nitrogens with one attached hydrogen (secondary N) is 1. The van der Waals surface area contributed by atoms with Gasteiger partial charge in [0.05, 0.1) is 24.7 Å². The van der Waals surface area contributed by atoms with Crippen LogP contribution in [0.15, 0.2) is 30.5 Å². The van der Waals surface area contributed by atoms with Crippen LogP contribution in [0.4, 0.5) is 0 Å². The second kappa shape index (κ2) is 5.45. The summed E-state index contributed by atoms with van der Waals surface area (Å²) in [6, 6.07) is 7.74. The second-order valence-corrected chi connectivity index (χ2v) is 3.71. The largest absolute Gasteiger partial charge is 0.497 e. The molecule has 90 valence electrons. The van der Waals surface area contributed by atoms with E-state index in [0.717, 1.165) is 30.1 Å². The Morgan fingerprint density at radius 1 is 1.41 bits per heavy atom. The number of benzene rings is 1. The second-order valence-electron chi connectivity index (χ2n) is 3.71. The molecule has 0 radical (unpaired) electrons. The van der Waals surface area contributed by atoms with E-state index in [4.69, 9.17) is 4.74 Å². The number of aromatic nitrogens is 3. The highest BCUT2D eigenvalue weighted by Crippen LogP contribution is 2.15. The van der Waals surface area contributed by atoms with Crippen LogP contribution in [0.5, 0.6) is 5.75 Å². The maximum absolute atomic E-state index is 5.18. The Bertz CT molecular complexity index is 481. The van der Waals surface area contributed by atoms with Crippen molar-refractivity contribution in [3.05, 3.63) is 36.2 Å². The van der Waals surface area contributed by atoms with Gasteiger partial charge in [-0.15, -0.1) is 5.10 Å². The van der Waals surface area contributed by atoms with Crippen LogP contribution >= 0.6 is 0 Å². The van der Waals surface area contributed by atoms with Gasteiger partial charge in [0.1, 0.15) is 5.75 Å². The summed E-state index contributed by atoms with van der Waals surface area (Å²) >= 11 is 0. The summed E-state index contributed by atoms with van der Waals surface area (Å²) in [7, 11) is 3.57. The van der Waals surface area contributed by atoms with Crippen LogP contribution in [0.25, 0.3) is 5.69 Å². The molecule has 1 heterocycles. The van der Waals surface area contributed by atoms with Crippen LogP contribution in [0.1, 0.15) is 5.69 Å². The van der Waals surface area contributed by atoms with Gasteiger partial charge in [-0.2, -0.15) is 0 Å². The number of hydrogen-bond donors (Lipinski definition) is 1. The molecule has 2 aromatic rings. The molecule has 0 amide bonds. The van der Waals surface area contributed by atoms with Crippen molar-refractivity contribution in [3.63, 3.8) is 0 Å². The van der Waals surface area contributed by atoms with Gasteiger partial charge in [0.15, 0.2) is 0 Å². The average Bonchev–Trinajstić information content (AvgIpc) is 2.85. The Morgan fingerprint density at radius 3 is 3.06 bits per heavy atom. The molecular formula is C12H16N4O. The predicted octanol–water partition coefficient (Wildman–Crippen LogP) is 1.04. The van der Waals surface area contributed by atoms with E-state index in [-0.39, 0.29) is 0 Å². The number of hydrogen-bond acceptors (Lipinski definition) is 4. The Morgan fingerprint density at radius 2 is 2.29 bits per heavy atom. The molecule has 0 aliphatic rings. The average molecular weight is 232 g/mol. The Labute approximate surface area is 100 Å². The molecule has 0 unspecified atom stereocenters. The number of methoxy groups -OCH3 is 1. The van der Waals surface area contributed by atoms with Crippen LogP contribution in [0.2, 0.25) is 0 Å². The Balaban J connectivity index is 2.18. The molecule has 0 aliphatic carbocycles. The van der Waals surface area contributed by atoms with Crippen LogP contribution in [0.3, 0.4) is 0 Å². The highest BCUT2D eigenvalue weighted by atomic mass is 16.5. The summed E-state index contributed by atoms with van der Waals surface area (Å²) in [5.74, 6) is 0.815. The van der Waals surface area contributed by atoms with Gasteiger partial charge < -0.3 is 10.1 Å². The van der Waals surface area contributed by atoms with Crippen molar-refractivity contribution < 1.29 is 4.74 Å². The van der Waals surface area contributed by atoms with E-state index in [0.29, 0.717) is 0 Å². The van der Waals surface area contributed by atoms with Crippen molar-refractivity contribution in [2.75, 3.05) is 20.7 Å². The Kier molecular flexibility index (Phi) is 3.72. The van der Waals surface area contributed by atoms with Crippen molar-refractivity contribution in [1.29, 1.82) is 0 Å². The smallest absolute Gasteiger partial charge is 0.121 e. The molecule has 0 saturated carbocycles. The number of rotatable bonds is 5. The summed E-state index contributed by atoms with van der Waals surface area (Å²) in [4.78, 5) is 0. The van der Waals surface area contributed by atoms with Crippen molar-refractivity contribution in [2.45, 2.75) is 6.42 Å². The van der Waals surface area contributed by atoms with Gasteiger partial charge in [0, 0.05) is 19.0 Å². The monoisotopic (exact) mass is 232 g/mol. The molecule has 0 fully saturated rings. The quantitative estimate of drug-likeness (QED) is 0.836. The molecule has 5 heteroatoms. The zero-order chi connectivity index (χ0) is 12.1. The summed E-state index contributed by atoms with van der Waals surface area (Å²) < 4.78 is 6.93. The predicted molar refractivity (Wildman–Crippen MR) is 65.5 cm³/mol. The van der Waals surface area contributed by atoms with Gasteiger partial charge >= 0.3 is 0 Å². The lowest BCUT2D eigenvalue weighted by Crippen LogP contribution is -2.10. The minimum atomic E-state index is 0.815. The van der Waals surface area contributed by atoms with Crippen LogP contribution < -0.4 is 10.1 Å². The highest BCUT2D eigenvalue weighted by Gasteiger charge is 2.03. The first-order valence-electron chi connectivity index (χ1n) is 5.53. The molecule has 0 aliphatic heterocycles. The molecule has 1 aromatic heterocycles. The zero-order valence-corrected chi connectivity index (χ0v) is 10.1. The summed E-state index contributed by atoms with van der Waals surface area (Å²) in [6.45, 7) is 0.900. The standard InChI is InChI=1S/C12H16N4O/c1-13-7-6-10-9-16(15-14-10)11-4-3-5-12(8-11)17-2/h3-5,8-9,13H,6-7H2,1-2H3. The zero-order valence-electron chi connectivity index (χ0n) is 10.1. The fourth-order valence-electron chi connectivity index (χ4n) is 1.55. The van der Waals surface area contributed by atoms with Crippen molar-refractivity contribution in [3.8, 4) is 11.4 Å². The molecule has 1 N–H and O–H groups in total. The minimum absolute atomic E-state index is 0.815. The van der Waals surface area contributed by atoms with Crippen molar-refractivity contribution >= 4 is 0 Å². The van der Waals surface area contributed by atoms with Crippen molar-refractivity contribution in [1.82, 2.24) is 20.3 Å². The first-order chi connectivity index (χ1) is 8.33. The molecule has 0 spiro atoms. The summed E-state index contributed by atoms with van der Waals surface area (Å²) in [5.41, 5.74) is 1.93. The van der Waals surface area contributed by atoms with Gasteiger partial charge in [0.2, 0.25) is 0 Å². The fraction of sp³-hybridized carbons (Fsp3) is 0.333. The van der Waals surface area contributed by atoms with E-state index in [2.05, 4.69) is 15.6 Å². The molecule has 0 saturated heterocycles. The highest BCUT2D eigenvalue weighted by molar-refractivity contribution is 5.38. The maximum Gasteiger partial charge on any atom is 0.121 e. The minimum Gasteiger partial charge on any atom is -0.497 e. The van der Waals surface area contributed by atoms with Crippen LogP contribution in [0, 0.1) is 0 Å². The van der Waals surface area contributed by atoms with Crippen LogP contribution in [-0.4, -0.2) is 35.7 Å². The number of likely N-dealkylation sites (N-methyl/N-ethyl adjacent to an activating group) is 1. The van der Waals surface area contributed by atoms with E-state index in [1.54, 1.807) is 11.8 Å². The molecule has 17 heavy (non-hydrogen) atoms. The summed E-state index contributed by atoms with van der Waals surface area (Å²) in [6.07, 6.45) is 2.81. The molecular weight excluding hydrogens is 216 g/mol. The molecule has 0 bridgehead atoms. The third kappa shape index (κ3) is 2.82. The topological polar surface area (TPSA) is 52.0 Å². The lowest BCUT2D eigenvalue weighted by molar-refractivity contribution is 0.414. The third-order valence-electron chi connectivity index (χ3n) is 2.49. The normalized spacial score (nSPS) is 10.5. The van der Waals surface area contributed by atoms with Crippen LogP contribution in [-0.2, 0) is 6.42 Å². The van der Waals surface area contributed by atoms with E-state index in [9.17, 15) is 0 Å². The van der Waals surface area contributed by atoms with E-state index >= 15 is 0 Å². The first kappa shape index (κ1) is 11.6. The lowest BCUT2D eigenvalue weighted by Gasteiger charge is -2.02. The lowest BCUT2D eigenvalue weighted by atomic mass is 10.3. The maximum atomic E-state index is 5.18. The Hall–Kier alpha value is -1.88. The SMILES string of the molecule is CNCCc1cn(-c2cccc(OC)c2)nn1. The van der Waals surface area contributed by atoms with E-state index in [1.165, 1.54) is 0 Å². The number of nitrogens with zero attached hydrogens (tertiary/aromatic N) is 3. The third-order valence-corrected chi connectivity index (χ3v) is 2.49. The van der Waals surface area contributed by atoms with Gasteiger partial charge in [-0.25, -0.2) is 4.68 Å². The van der Waals surface area contributed by atoms with Gasteiger partial charge in [-0.3, -0.25) is 0 Å². The van der Waals surface area contributed by atoms with E-state index < -0.39 is 0 Å². The fourth-order valence-corrected chi connectivity index (χ4v) is 1.55. The summed E-state index contributed by atoms with van der Waals surface area (Å²) in [5, 5.41) is 11.3. The molecule has 0 atom stereocenters. The molecule has 5 nitrogen and oxygen atoms in total. The van der Waals surface area contributed by atoms with Gasteiger partial charge in [-0.1, -0.05) is 11.3 Å². The molecule has 1 aromatic carbocycles. The van der Waals surface area contributed by atoms with Gasteiger partial charge in [-0.05, 0) is 19.2 Å². The van der Waals surface area contributed by atoms with E-state index in [1.807, 2.05) is 37.5 Å². The number of ether oxygens (including phenoxy) is 1. The van der Waals surface area contributed by atoms with Gasteiger partial charge in [0.25, 0.3) is 0 Å². The van der Waals surface area contributed by atoms with Crippen molar-refractivity contribution in [2.24, 2.45) is 0 Å².